The lowest BCUT2D eigenvalue weighted by atomic mass is 10.1. The van der Waals surface area contributed by atoms with E-state index in [1.807, 2.05) is 57.2 Å². The Morgan fingerprint density at radius 2 is 1.78 bits per heavy atom. The van der Waals surface area contributed by atoms with E-state index in [-0.39, 0.29) is 17.7 Å². The summed E-state index contributed by atoms with van der Waals surface area (Å²) < 4.78 is 5.83. The molecule has 0 aliphatic heterocycles. The van der Waals surface area contributed by atoms with Crippen molar-refractivity contribution in [2.45, 2.75) is 46.1 Å². The molecule has 5 nitrogen and oxygen atoms in total. The summed E-state index contributed by atoms with van der Waals surface area (Å²) >= 11 is 0. The van der Waals surface area contributed by atoms with Crippen molar-refractivity contribution in [2.75, 3.05) is 10.6 Å². The monoisotopic (exact) mass is 366 g/mol. The lowest BCUT2D eigenvalue weighted by molar-refractivity contribution is -0.122. The highest BCUT2D eigenvalue weighted by Gasteiger charge is 2.29. The number of carbonyl (C=O) groups is 2. The lowest BCUT2D eigenvalue weighted by Gasteiger charge is -2.18. The molecule has 2 N–H and O–H groups in total. The quantitative estimate of drug-likeness (QED) is 0.761. The van der Waals surface area contributed by atoms with Gasteiger partial charge in [-0.2, -0.15) is 0 Å². The van der Waals surface area contributed by atoms with E-state index in [1.165, 1.54) is 0 Å². The van der Waals surface area contributed by atoms with Crippen LogP contribution in [0.1, 0.15) is 37.3 Å². The van der Waals surface area contributed by atoms with Crippen molar-refractivity contribution in [3.05, 3.63) is 53.6 Å². The number of rotatable bonds is 7. The number of hydrogen-bond acceptors (Lipinski definition) is 3. The molecule has 2 aromatic rings. The summed E-state index contributed by atoms with van der Waals surface area (Å²) in [5.74, 6) is 0.649. The highest BCUT2D eigenvalue weighted by atomic mass is 16.5. The second-order valence-electron chi connectivity index (χ2n) is 7.11. The Labute approximate surface area is 160 Å². The fourth-order valence-electron chi connectivity index (χ4n) is 2.74. The molecule has 1 aliphatic rings. The maximum Gasteiger partial charge on any atom is 0.265 e. The van der Waals surface area contributed by atoms with Crippen LogP contribution < -0.4 is 15.4 Å². The van der Waals surface area contributed by atoms with Crippen molar-refractivity contribution in [1.29, 1.82) is 0 Å². The highest BCUT2D eigenvalue weighted by molar-refractivity contribution is 5.97. The topological polar surface area (TPSA) is 67.4 Å². The van der Waals surface area contributed by atoms with Crippen LogP contribution in [0.5, 0.6) is 5.75 Å². The van der Waals surface area contributed by atoms with Gasteiger partial charge in [-0.05, 0) is 62.9 Å². The molecule has 0 spiro atoms. The van der Waals surface area contributed by atoms with E-state index < -0.39 is 6.10 Å². The molecule has 27 heavy (non-hydrogen) atoms. The van der Waals surface area contributed by atoms with E-state index in [0.717, 1.165) is 29.7 Å². The van der Waals surface area contributed by atoms with Gasteiger partial charge in [0.05, 0.1) is 0 Å². The Kier molecular flexibility index (Phi) is 5.79. The number of hydrogen-bond donors (Lipinski definition) is 2. The van der Waals surface area contributed by atoms with Gasteiger partial charge >= 0.3 is 0 Å². The zero-order valence-electron chi connectivity index (χ0n) is 16.0. The third kappa shape index (κ3) is 5.09. The molecule has 0 saturated heterocycles. The molecular formula is C22H26N2O3. The van der Waals surface area contributed by atoms with Gasteiger partial charge in [-0.15, -0.1) is 0 Å². The van der Waals surface area contributed by atoms with Crippen LogP contribution in [-0.4, -0.2) is 17.9 Å². The molecule has 2 aromatic carbocycles. The van der Waals surface area contributed by atoms with Gasteiger partial charge < -0.3 is 15.4 Å². The predicted molar refractivity (Wildman–Crippen MR) is 107 cm³/mol. The molecule has 142 valence electrons. The summed E-state index contributed by atoms with van der Waals surface area (Å²) in [5.41, 5.74) is 3.48. The molecule has 1 unspecified atom stereocenters. The maximum atomic E-state index is 12.6. The molecule has 1 fully saturated rings. The minimum absolute atomic E-state index is 0.0516. The second-order valence-corrected chi connectivity index (χ2v) is 7.11. The molecule has 1 saturated carbocycles. The van der Waals surface area contributed by atoms with E-state index in [4.69, 9.17) is 4.74 Å². The largest absolute Gasteiger partial charge is 0.481 e. The van der Waals surface area contributed by atoms with Crippen LogP contribution in [0.15, 0.2) is 42.5 Å². The normalized spacial score (nSPS) is 14.3. The number of amides is 2. The van der Waals surface area contributed by atoms with Gasteiger partial charge in [0.15, 0.2) is 6.10 Å². The van der Waals surface area contributed by atoms with Crippen LogP contribution in [0, 0.1) is 19.8 Å². The minimum atomic E-state index is -0.585. The zero-order valence-corrected chi connectivity index (χ0v) is 16.0. The molecule has 0 aromatic heterocycles. The van der Waals surface area contributed by atoms with E-state index in [1.54, 1.807) is 6.07 Å². The van der Waals surface area contributed by atoms with Crippen molar-refractivity contribution < 1.29 is 14.3 Å². The van der Waals surface area contributed by atoms with Gasteiger partial charge in [-0.25, -0.2) is 0 Å². The summed E-state index contributed by atoms with van der Waals surface area (Å²) in [5, 5.41) is 5.85. The van der Waals surface area contributed by atoms with Gasteiger partial charge in [-0.1, -0.05) is 30.7 Å². The Balaban J connectivity index is 1.66. The van der Waals surface area contributed by atoms with Gasteiger partial charge in [-0.3, -0.25) is 9.59 Å². The van der Waals surface area contributed by atoms with E-state index in [0.29, 0.717) is 17.9 Å². The van der Waals surface area contributed by atoms with Crippen molar-refractivity contribution in [1.82, 2.24) is 0 Å². The first-order chi connectivity index (χ1) is 13.0. The summed E-state index contributed by atoms with van der Waals surface area (Å²) in [6.07, 6.45) is 1.88. The summed E-state index contributed by atoms with van der Waals surface area (Å²) in [6, 6.07) is 13.2. The average molecular weight is 366 g/mol. The summed E-state index contributed by atoms with van der Waals surface area (Å²) in [6.45, 7) is 5.85. The maximum absolute atomic E-state index is 12.6. The van der Waals surface area contributed by atoms with Crippen LogP contribution in [-0.2, 0) is 9.59 Å². The van der Waals surface area contributed by atoms with Gasteiger partial charge in [0.1, 0.15) is 5.75 Å². The lowest BCUT2D eigenvalue weighted by Crippen LogP contribution is -2.32. The van der Waals surface area contributed by atoms with Crippen LogP contribution in [0.4, 0.5) is 11.4 Å². The first kappa shape index (κ1) is 19.0. The van der Waals surface area contributed by atoms with E-state index in [2.05, 4.69) is 10.6 Å². The Morgan fingerprint density at radius 3 is 2.41 bits per heavy atom. The van der Waals surface area contributed by atoms with Crippen molar-refractivity contribution in [3.63, 3.8) is 0 Å². The van der Waals surface area contributed by atoms with Crippen molar-refractivity contribution in [2.24, 2.45) is 5.92 Å². The molecule has 0 heterocycles. The highest BCUT2D eigenvalue weighted by Crippen LogP contribution is 2.31. The second kappa shape index (κ2) is 8.25. The van der Waals surface area contributed by atoms with Crippen LogP contribution in [0.3, 0.4) is 0 Å². The molecule has 1 aliphatic carbocycles. The number of anilines is 2. The third-order valence-electron chi connectivity index (χ3n) is 4.67. The summed E-state index contributed by atoms with van der Waals surface area (Å²) in [4.78, 5) is 24.7. The summed E-state index contributed by atoms with van der Waals surface area (Å²) in [7, 11) is 0. The van der Waals surface area contributed by atoms with Gasteiger partial charge in [0.25, 0.3) is 5.91 Å². The Morgan fingerprint density at radius 1 is 1.07 bits per heavy atom. The van der Waals surface area contributed by atoms with Crippen LogP contribution in [0.25, 0.3) is 0 Å². The SMILES string of the molecule is CCC(Oc1ccc(C)cc1)C(=O)Nc1ccc(C)c(NC(=O)C2CC2)c1. The van der Waals surface area contributed by atoms with Crippen molar-refractivity contribution >= 4 is 23.2 Å². The molecule has 5 heteroatoms. The minimum Gasteiger partial charge on any atom is -0.481 e. The number of ether oxygens (including phenoxy) is 1. The van der Waals surface area contributed by atoms with Crippen LogP contribution >= 0.6 is 0 Å². The number of nitrogens with one attached hydrogen (secondary N) is 2. The fourth-order valence-corrected chi connectivity index (χ4v) is 2.74. The zero-order chi connectivity index (χ0) is 19.4. The van der Waals surface area contributed by atoms with Crippen LogP contribution in [0.2, 0.25) is 0 Å². The van der Waals surface area contributed by atoms with E-state index >= 15 is 0 Å². The van der Waals surface area contributed by atoms with Gasteiger partial charge in [0.2, 0.25) is 5.91 Å². The molecule has 0 radical (unpaired) electrons. The molecule has 0 bridgehead atoms. The molecule has 3 rings (SSSR count). The molecule has 2 amide bonds. The smallest absolute Gasteiger partial charge is 0.265 e. The number of aryl methyl sites for hydroxylation is 2. The standard InChI is InChI=1S/C22H26N2O3/c1-4-20(27-18-11-5-14(2)6-12-18)22(26)23-17-10-7-15(3)19(13-17)24-21(25)16-8-9-16/h5-7,10-13,16,20H,4,8-9H2,1-3H3,(H,23,26)(H,24,25). The Hall–Kier alpha value is -2.82. The first-order valence-electron chi connectivity index (χ1n) is 9.42. The van der Waals surface area contributed by atoms with Gasteiger partial charge in [0, 0.05) is 17.3 Å². The van der Waals surface area contributed by atoms with E-state index in [9.17, 15) is 9.59 Å². The number of benzene rings is 2. The average Bonchev–Trinajstić information content (AvgIpc) is 3.49. The molecule has 1 atom stereocenters. The number of carbonyl (C=O) groups excluding carboxylic acids is 2. The Bertz CT molecular complexity index is 826. The molecular weight excluding hydrogens is 340 g/mol. The third-order valence-corrected chi connectivity index (χ3v) is 4.67. The first-order valence-corrected chi connectivity index (χ1v) is 9.42. The predicted octanol–water partition coefficient (Wildman–Crippen LogP) is 4.45. The van der Waals surface area contributed by atoms with Crippen molar-refractivity contribution in [3.8, 4) is 5.75 Å². The fraction of sp³-hybridized carbons (Fsp3) is 0.364.